The van der Waals surface area contributed by atoms with Crippen LogP contribution in [-0.4, -0.2) is 16.0 Å². The maximum absolute atomic E-state index is 5.83. The Labute approximate surface area is 124 Å². The van der Waals surface area contributed by atoms with Gasteiger partial charge in [0.25, 0.3) is 0 Å². The molecule has 4 heteroatoms. The zero-order valence-corrected chi connectivity index (χ0v) is 12.4. The summed E-state index contributed by atoms with van der Waals surface area (Å²) in [7, 11) is 0. The third-order valence-electron chi connectivity index (χ3n) is 3.58. The lowest BCUT2D eigenvalue weighted by molar-refractivity contribution is 0.666. The molecule has 2 aromatic carbocycles. The van der Waals surface area contributed by atoms with Crippen molar-refractivity contribution < 1.29 is 0 Å². The summed E-state index contributed by atoms with van der Waals surface area (Å²) in [4.78, 5) is 10.3. The lowest BCUT2D eigenvalue weighted by Gasteiger charge is -2.26. The van der Waals surface area contributed by atoms with Gasteiger partial charge in [0.2, 0.25) is 5.95 Å². The Morgan fingerprint density at radius 1 is 1.14 bits per heavy atom. The summed E-state index contributed by atoms with van der Waals surface area (Å²) in [5.41, 5.74) is 9.77. The van der Waals surface area contributed by atoms with E-state index in [4.69, 9.17) is 5.73 Å². The second kappa shape index (κ2) is 5.48. The van der Waals surface area contributed by atoms with Crippen molar-refractivity contribution in [3.8, 4) is 0 Å². The number of imidazole rings is 1. The normalized spacial score (nSPS) is 11.2. The van der Waals surface area contributed by atoms with Crippen LogP contribution in [0.1, 0.15) is 19.4 Å². The van der Waals surface area contributed by atoms with Crippen molar-refractivity contribution in [1.29, 1.82) is 0 Å². The monoisotopic (exact) mass is 280 g/mol. The predicted octanol–water partition coefficient (Wildman–Crippen LogP) is 3.56. The number of hydrogen-bond donors (Lipinski definition) is 2. The SMILES string of the molecule is CC(C)N(Cc1ccccc1)c1nc2ccc(N)cc2[nH]1. The van der Waals surface area contributed by atoms with Crippen LogP contribution in [0.3, 0.4) is 0 Å². The van der Waals surface area contributed by atoms with Gasteiger partial charge in [0.05, 0.1) is 11.0 Å². The van der Waals surface area contributed by atoms with Gasteiger partial charge in [0, 0.05) is 18.3 Å². The highest BCUT2D eigenvalue weighted by atomic mass is 15.3. The van der Waals surface area contributed by atoms with Gasteiger partial charge in [-0.05, 0) is 37.6 Å². The van der Waals surface area contributed by atoms with E-state index in [9.17, 15) is 0 Å². The molecule has 0 fully saturated rings. The van der Waals surface area contributed by atoms with E-state index in [2.05, 4.69) is 53.0 Å². The first kappa shape index (κ1) is 13.5. The van der Waals surface area contributed by atoms with E-state index in [0.717, 1.165) is 29.2 Å². The number of H-pyrrole nitrogens is 1. The number of benzene rings is 2. The number of hydrogen-bond acceptors (Lipinski definition) is 3. The Morgan fingerprint density at radius 3 is 2.62 bits per heavy atom. The molecule has 3 N–H and O–H groups in total. The second-order valence-corrected chi connectivity index (χ2v) is 5.54. The van der Waals surface area contributed by atoms with Gasteiger partial charge in [-0.25, -0.2) is 4.98 Å². The Kier molecular flexibility index (Phi) is 3.52. The van der Waals surface area contributed by atoms with Crippen molar-refractivity contribution in [2.75, 3.05) is 10.6 Å². The van der Waals surface area contributed by atoms with Crippen LogP contribution in [0.2, 0.25) is 0 Å². The number of rotatable bonds is 4. The molecule has 0 saturated heterocycles. The summed E-state index contributed by atoms with van der Waals surface area (Å²) in [6.45, 7) is 5.17. The van der Waals surface area contributed by atoms with Crippen LogP contribution >= 0.6 is 0 Å². The molecule has 21 heavy (non-hydrogen) atoms. The van der Waals surface area contributed by atoms with Gasteiger partial charge in [-0.3, -0.25) is 0 Å². The number of anilines is 2. The van der Waals surface area contributed by atoms with Crippen LogP contribution in [0.5, 0.6) is 0 Å². The molecular weight excluding hydrogens is 260 g/mol. The topological polar surface area (TPSA) is 57.9 Å². The first-order valence-corrected chi connectivity index (χ1v) is 7.19. The molecule has 0 saturated carbocycles. The molecule has 0 bridgehead atoms. The lowest BCUT2D eigenvalue weighted by atomic mass is 10.2. The number of nitrogens with one attached hydrogen (secondary N) is 1. The molecule has 0 aliphatic rings. The highest BCUT2D eigenvalue weighted by Crippen LogP contribution is 2.22. The number of nitrogen functional groups attached to an aromatic ring is 1. The first-order chi connectivity index (χ1) is 10.1. The van der Waals surface area contributed by atoms with Crippen LogP contribution in [-0.2, 0) is 6.54 Å². The predicted molar refractivity (Wildman–Crippen MR) is 88.3 cm³/mol. The van der Waals surface area contributed by atoms with Crippen molar-refractivity contribution in [3.63, 3.8) is 0 Å². The quantitative estimate of drug-likeness (QED) is 0.718. The van der Waals surface area contributed by atoms with Gasteiger partial charge in [-0.1, -0.05) is 30.3 Å². The minimum atomic E-state index is 0.350. The highest BCUT2D eigenvalue weighted by Gasteiger charge is 2.15. The largest absolute Gasteiger partial charge is 0.399 e. The molecule has 0 aliphatic carbocycles. The number of aromatic amines is 1. The average Bonchev–Trinajstić information content (AvgIpc) is 2.88. The Hall–Kier alpha value is -2.49. The zero-order chi connectivity index (χ0) is 14.8. The highest BCUT2D eigenvalue weighted by molar-refractivity contribution is 5.80. The summed E-state index contributed by atoms with van der Waals surface area (Å²) in [5.74, 6) is 0.884. The van der Waals surface area contributed by atoms with Crippen LogP contribution in [0, 0.1) is 0 Å². The Balaban J connectivity index is 1.95. The number of aromatic nitrogens is 2. The van der Waals surface area contributed by atoms with E-state index in [1.807, 2.05) is 24.3 Å². The molecule has 0 amide bonds. The maximum Gasteiger partial charge on any atom is 0.204 e. The first-order valence-electron chi connectivity index (χ1n) is 7.19. The fourth-order valence-electron chi connectivity index (χ4n) is 2.43. The standard InChI is InChI=1S/C17H20N4/c1-12(2)21(11-13-6-4-3-5-7-13)17-19-15-9-8-14(18)10-16(15)20-17/h3-10,12H,11,18H2,1-2H3,(H,19,20). The Bertz CT molecular complexity index is 731. The molecule has 4 nitrogen and oxygen atoms in total. The van der Waals surface area contributed by atoms with Gasteiger partial charge in [0.15, 0.2) is 0 Å². The van der Waals surface area contributed by atoms with Crippen molar-refractivity contribution in [3.05, 3.63) is 54.1 Å². The molecule has 1 aromatic heterocycles. The minimum Gasteiger partial charge on any atom is -0.399 e. The molecular formula is C17H20N4. The molecule has 0 unspecified atom stereocenters. The maximum atomic E-state index is 5.83. The number of fused-ring (bicyclic) bond motifs is 1. The molecule has 0 radical (unpaired) electrons. The lowest BCUT2D eigenvalue weighted by Crippen LogP contribution is -2.31. The van der Waals surface area contributed by atoms with Crippen LogP contribution in [0.25, 0.3) is 11.0 Å². The van der Waals surface area contributed by atoms with Gasteiger partial charge in [-0.2, -0.15) is 0 Å². The molecule has 0 spiro atoms. The summed E-state index contributed by atoms with van der Waals surface area (Å²) in [6.07, 6.45) is 0. The summed E-state index contributed by atoms with van der Waals surface area (Å²) in [5, 5.41) is 0. The zero-order valence-electron chi connectivity index (χ0n) is 12.4. The minimum absolute atomic E-state index is 0.350. The van der Waals surface area contributed by atoms with Gasteiger partial charge in [0.1, 0.15) is 0 Å². The smallest absolute Gasteiger partial charge is 0.204 e. The summed E-state index contributed by atoms with van der Waals surface area (Å²) >= 11 is 0. The van der Waals surface area contributed by atoms with E-state index in [0.29, 0.717) is 6.04 Å². The van der Waals surface area contributed by atoms with Crippen molar-refractivity contribution in [1.82, 2.24) is 9.97 Å². The van der Waals surface area contributed by atoms with Gasteiger partial charge < -0.3 is 15.6 Å². The molecule has 1 heterocycles. The van der Waals surface area contributed by atoms with E-state index in [1.165, 1.54) is 5.56 Å². The van der Waals surface area contributed by atoms with E-state index < -0.39 is 0 Å². The van der Waals surface area contributed by atoms with Crippen molar-refractivity contribution in [2.24, 2.45) is 0 Å². The molecule has 108 valence electrons. The van der Waals surface area contributed by atoms with Crippen LogP contribution in [0.15, 0.2) is 48.5 Å². The fraction of sp³-hybridized carbons (Fsp3) is 0.235. The summed E-state index contributed by atoms with van der Waals surface area (Å²) in [6, 6.07) is 16.5. The number of nitrogens with two attached hydrogens (primary N) is 1. The van der Waals surface area contributed by atoms with Crippen LogP contribution < -0.4 is 10.6 Å². The van der Waals surface area contributed by atoms with E-state index in [1.54, 1.807) is 0 Å². The van der Waals surface area contributed by atoms with Gasteiger partial charge >= 0.3 is 0 Å². The molecule has 0 atom stereocenters. The molecule has 3 rings (SSSR count). The molecule has 3 aromatic rings. The third-order valence-corrected chi connectivity index (χ3v) is 3.58. The average molecular weight is 280 g/mol. The van der Waals surface area contributed by atoms with Crippen LogP contribution in [0.4, 0.5) is 11.6 Å². The van der Waals surface area contributed by atoms with Gasteiger partial charge in [-0.15, -0.1) is 0 Å². The number of nitrogens with zero attached hydrogens (tertiary/aromatic N) is 2. The van der Waals surface area contributed by atoms with Crippen molar-refractivity contribution >= 4 is 22.7 Å². The Morgan fingerprint density at radius 2 is 1.90 bits per heavy atom. The summed E-state index contributed by atoms with van der Waals surface area (Å²) < 4.78 is 0. The van der Waals surface area contributed by atoms with E-state index >= 15 is 0 Å². The fourth-order valence-corrected chi connectivity index (χ4v) is 2.43. The van der Waals surface area contributed by atoms with E-state index in [-0.39, 0.29) is 0 Å². The molecule has 0 aliphatic heterocycles. The second-order valence-electron chi connectivity index (χ2n) is 5.54. The third kappa shape index (κ3) is 2.84. The van der Waals surface area contributed by atoms with Crippen molar-refractivity contribution in [2.45, 2.75) is 26.4 Å².